The van der Waals surface area contributed by atoms with Gasteiger partial charge in [0.15, 0.2) is 0 Å². The molecule has 20 heavy (non-hydrogen) atoms. The molecule has 0 aliphatic heterocycles. The van der Waals surface area contributed by atoms with Crippen LogP contribution in [0, 0.1) is 5.41 Å². The van der Waals surface area contributed by atoms with E-state index in [4.69, 9.17) is 0 Å². The van der Waals surface area contributed by atoms with E-state index in [-0.39, 0.29) is 29.9 Å². The second-order valence-corrected chi connectivity index (χ2v) is 6.07. The maximum absolute atomic E-state index is 11.8. The van der Waals surface area contributed by atoms with Crippen LogP contribution < -0.4 is 5.32 Å². The van der Waals surface area contributed by atoms with E-state index in [9.17, 15) is 19.8 Å². The van der Waals surface area contributed by atoms with Crippen LogP contribution in [-0.4, -0.2) is 28.1 Å². The molecule has 1 rings (SSSR count). The Balaban J connectivity index is 2.68. The normalized spacial score (nSPS) is 12.8. The van der Waals surface area contributed by atoms with Crippen LogP contribution in [0.2, 0.25) is 0 Å². The molecule has 0 aromatic heterocycles. The number of phenols is 1. The number of phenolic OH excluding ortho intramolecular Hbond substituents is 1. The van der Waals surface area contributed by atoms with Crippen LogP contribution in [0.4, 0.5) is 0 Å². The Bertz CT molecular complexity index is 474. The topological polar surface area (TPSA) is 86.6 Å². The highest BCUT2D eigenvalue weighted by atomic mass is 16.4. The lowest BCUT2D eigenvalue weighted by molar-refractivity contribution is -0.142. The number of aromatic hydroxyl groups is 1. The van der Waals surface area contributed by atoms with E-state index in [0.29, 0.717) is 0 Å². The zero-order valence-electron chi connectivity index (χ0n) is 12.0. The van der Waals surface area contributed by atoms with Gasteiger partial charge in [0.1, 0.15) is 11.8 Å². The minimum atomic E-state index is -1.07. The highest BCUT2D eigenvalue weighted by Crippen LogP contribution is 2.18. The Kier molecular flexibility index (Phi) is 5.13. The Morgan fingerprint density at radius 2 is 1.75 bits per heavy atom. The first kappa shape index (κ1) is 16.0. The largest absolute Gasteiger partial charge is 0.508 e. The van der Waals surface area contributed by atoms with Crippen LogP contribution in [0.3, 0.4) is 0 Å². The maximum atomic E-state index is 11.8. The summed E-state index contributed by atoms with van der Waals surface area (Å²) in [7, 11) is 0. The third-order valence-corrected chi connectivity index (χ3v) is 2.70. The van der Waals surface area contributed by atoms with Gasteiger partial charge in [0.25, 0.3) is 0 Å². The van der Waals surface area contributed by atoms with Crippen LogP contribution in [0.25, 0.3) is 0 Å². The van der Waals surface area contributed by atoms with Gasteiger partial charge >= 0.3 is 5.97 Å². The molecule has 0 bridgehead atoms. The number of benzene rings is 1. The Hall–Kier alpha value is -2.04. The van der Waals surface area contributed by atoms with E-state index >= 15 is 0 Å². The van der Waals surface area contributed by atoms with E-state index in [1.807, 2.05) is 20.8 Å². The van der Waals surface area contributed by atoms with Crippen molar-refractivity contribution in [1.82, 2.24) is 5.32 Å². The first-order valence-electron chi connectivity index (χ1n) is 6.47. The lowest BCUT2D eigenvalue weighted by Gasteiger charge is -2.20. The number of hydrogen-bond acceptors (Lipinski definition) is 3. The van der Waals surface area contributed by atoms with Crippen LogP contribution >= 0.6 is 0 Å². The number of hydrogen-bond donors (Lipinski definition) is 3. The number of aliphatic carboxylic acids is 1. The van der Waals surface area contributed by atoms with E-state index in [0.717, 1.165) is 5.56 Å². The third kappa shape index (κ3) is 5.73. The van der Waals surface area contributed by atoms with E-state index in [2.05, 4.69) is 5.32 Å². The van der Waals surface area contributed by atoms with Gasteiger partial charge in [-0.15, -0.1) is 0 Å². The van der Waals surface area contributed by atoms with Crippen molar-refractivity contribution in [2.45, 2.75) is 39.7 Å². The summed E-state index contributed by atoms with van der Waals surface area (Å²) >= 11 is 0. The number of amides is 1. The zero-order chi connectivity index (χ0) is 15.3. The molecular weight excluding hydrogens is 258 g/mol. The number of carbonyl (C=O) groups is 2. The van der Waals surface area contributed by atoms with Crippen LogP contribution in [0.15, 0.2) is 24.3 Å². The summed E-state index contributed by atoms with van der Waals surface area (Å²) in [4.78, 5) is 23.0. The second kappa shape index (κ2) is 6.41. The minimum Gasteiger partial charge on any atom is -0.508 e. The fourth-order valence-corrected chi connectivity index (χ4v) is 1.79. The monoisotopic (exact) mass is 279 g/mol. The first-order chi connectivity index (χ1) is 9.17. The number of rotatable bonds is 5. The Morgan fingerprint density at radius 1 is 1.20 bits per heavy atom. The fraction of sp³-hybridized carbons (Fsp3) is 0.467. The van der Waals surface area contributed by atoms with Crippen molar-refractivity contribution >= 4 is 11.9 Å². The van der Waals surface area contributed by atoms with Crippen molar-refractivity contribution in [3.63, 3.8) is 0 Å². The number of carboxylic acids is 1. The maximum Gasteiger partial charge on any atom is 0.326 e. The summed E-state index contributed by atoms with van der Waals surface area (Å²) in [6.07, 6.45) is 0.456. The van der Waals surface area contributed by atoms with Crippen LogP contribution in [-0.2, 0) is 16.0 Å². The zero-order valence-corrected chi connectivity index (χ0v) is 12.0. The van der Waals surface area contributed by atoms with Gasteiger partial charge in [-0.3, -0.25) is 4.79 Å². The molecule has 0 saturated heterocycles. The molecule has 0 heterocycles. The molecule has 3 N–H and O–H groups in total. The summed E-state index contributed by atoms with van der Waals surface area (Å²) in [5.41, 5.74) is 0.553. The van der Waals surface area contributed by atoms with Crippen LogP contribution in [0.1, 0.15) is 32.8 Å². The standard InChI is InChI=1S/C15H21NO4/c1-15(2,3)9-13(18)16-12(14(19)20)8-10-4-6-11(17)7-5-10/h4-7,12,17H,8-9H2,1-3H3,(H,16,18)(H,19,20)/t12-/m1/s1. The molecule has 5 nitrogen and oxygen atoms in total. The Labute approximate surface area is 118 Å². The summed E-state index contributed by atoms with van der Waals surface area (Å²) < 4.78 is 0. The predicted octanol–water partition coefficient (Wildman–Crippen LogP) is 1.94. The van der Waals surface area contributed by atoms with Gasteiger partial charge in [0.05, 0.1) is 0 Å². The molecule has 5 heteroatoms. The minimum absolute atomic E-state index is 0.123. The van der Waals surface area contributed by atoms with Gasteiger partial charge < -0.3 is 15.5 Å². The van der Waals surface area contributed by atoms with Gasteiger partial charge in [0.2, 0.25) is 5.91 Å². The van der Waals surface area contributed by atoms with Gasteiger partial charge in [-0.2, -0.15) is 0 Å². The van der Waals surface area contributed by atoms with Crippen molar-refractivity contribution in [1.29, 1.82) is 0 Å². The SMILES string of the molecule is CC(C)(C)CC(=O)N[C@H](Cc1ccc(O)cc1)C(=O)O. The van der Waals surface area contributed by atoms with Crippen molar-refractivity contribution in [2.75, 3.05) is 0 Å². The summed E-state index contributed by atoms with van der Waals surface area (Å²) in [5.74, 6) is -1.22. The van der Waals surface area contributed by atoms with E-state index < -0.39 is 12.0 Å². The van der Waals surface area contributed by atoms with Crippen molar-refractivity contribution in [2.24, 2.45) is 5.41 Å². The summed E-state index contributed by atoms with van der Waals surface area (Å²) in [5, 5.41) is 20.9. The molecule has 0 fully saturated rings. The molecule has 1 amide bonds. The molecule has 0 radical (unpaired) electrons. The number of carboxylic acid groups (broad SMARTS) is 1. The fourth-order valence-electron chi connectivity index (χ4n) is 1.79. The quantitative estimate of drug-likeness (QED) is 0.768. The average molecular weight is 279 g/mol. The van der Waals surface area contributed by atoms with E-state index in [1.165, 1.54) is 12.1 Å². The molecule has 0 aliphatic rings. The predicted molar refractivity (Wildman–Crippen MR) is 75.4 cm³/mol. The van der Waals surface area contributed by atoms with Crippen molar-refractivity contribution in [3.05, 3.63) is 29.8 Å². The van der Waals surface area contributed by atoms with Gasteiger partial charge in [-0.25, -0.2) is 4.79 Å². The second-order valence-electron chi connectivity index (χ2n) is 6.07. The van der Waals surface area contributed by atoms with Crippen molar-refractivity contribution < 1.29 is 19.8 Å². The van der Waals surface area contributed by atoms with E-state index in [1.54, 1.807) is 12.1 Å². The molecule has 1 atom stereocenters. The first-order valence-corrected chi connectivity index (χ1v) is 6.47. The average Bonchev–Trinajstić information content (AvgIpc) is 2.28. The molecule has 1 aromatic carbocycles. The number of nitrogens with one attached hydrogen (secondary N) is 1. The molecule has 110 valence electrons. The highest BCUT2D eigenvalue weighted by Gasteiger charge is 2.23. The molecule has 0 saturated carbocycles. The molecule has 0 spiro atoms. The van der Waals surface area contributed by atoms with Gasteiger partial charge in [-0.1, -0.05) is 32.9 Å². The molecule has 1 aromatic rings. The smallest absolute Gasteiger partial charge is 0.326 e. The molecule has 0 unspecified atom stereocenters. The Morgan fingerprint density at radius 3 is 2.20 bits per heavy atom. The lowest BCUT2D eigenvalue weighted by Crippen LogP contribution is -2.43. The van der Waals surface area contributed by atoms with Crippen molar-refractivity contribution in [3.8, 4) is 5.75 Å². The van der Waals surface area contributed by atoms with Gasteiger partial charge in [-0.05, 0) is 23.1 Å². The van der Waals surface area contributed by atoms with Gasteiger partial charge in [0, 0.05) is 12.8 Å². The third-order valence-electron chi connectivity index (χ3n) is 2.70. The van der Waals surface area contributed by atoms with Crippen LogP contribution in [0.5, 0.6) is 5.75 Å². The summed E-state index contributed by atoms with van der Waals surface area (Å²) in [6, 6.07) is 5.30. The molecular formula is C15H21NO4. The lowest BCUT2D eigenvalue weighted by atomic mass is 9.91. The number of carbonyl (C=O) groups excluding carboxylic acids is 1. The molecule has 0 aliphatic carbocycles. The summed E-state index contributed by atoms with van der Waals surface area (Å²) in [6.45, 7) is 5.76. The highest BCUT2D eigenvalue weighted by molar-refractivity contribution is 5.84.